The van der Waals surface area contributed by atoms with Gasteiger partial charge >= 0.3 is 0 Å². The maximum absolute atomic E-state index is 5.62. The third-order valence-electron chi connectivity index (χ3n) is 6.50. The van der Waals surface area contributed by atoms with E-state index in [1.165, 1.54) is 11.1 Å². The van der Waals surface area contributed by atoms with Crippen LogP contribution in [-0.2, 0) is 23.3 Å². The molecule has 3 aromatic heterocycles. The summed E-state index contributed by atoms with van der Waals surface area (Å²) in [6, 6.07) is 14.6. The molecule has 1 aliphatic rings. The first-order valence-corrected chi connectivity index (χ1v) is 12.1. The molecule has 7 heteroatoms. The lowest BCUT2D eigenvalue weighted by Gasteiger charge is -2.38. The van der Waals surface area contributed by atoms with Gasteiger partial charge in [-0.3, -0.25) is 4.98 Å². The van der Waals surface area contributed by atoms with Crippen molar-refractivity contribution in [3.05, 3.63) is 71.2 Å². The predicted molar refractivity (Wildman–Crippen MR) is 140 cm³/mol. The van der Waals surface area contributed by atoms with Gasteiger partial charge in [-0.25, -0.2) is 15.0 Å². The molecule has 0 saturated carbocycles. The number of nitrogens with one attached hydrogen (secondary N) is 1. The Labute approximate surface area is 206 Å². The zero-order valence-electron chi connectivity index (χ0n) is 21.1. The van der Waals surface area contributed by atoms with Crippen LogP contribution in [0.25, 0.3) is 22.4 Å². The van der Waals surface area contributed by atoms with Crippen LogP contribution in [-0.4, -0.2) is 45.0 Å². The van der Waals surface area contributed by atoms with Crippen molar-refractivity contribution < 1.29 is 4.74 Å². The molecule has 5 rings (SSSR count). The fraction of sp³-hybridized carbons (Fsp3) is 0.357. The number of pyridine rings is 2. The van der Waals surface area contributed by atoms with E-state index in [9.17, 15) is 0 Å². The van der Waals surface area contributed by atoms with Gasteiger partial charge in [-0.2, -0.15) is 0 Å². The summed E-state index contributed by atoms with van der Waals surface area (Å²) < 4.78 is 5.62. The number of hydrogen-bond donors (Lipinski definition) is 1. The van der Waals surface area contributed by atoms with Gasteiger partial charge < -0.3 is 15.0 Å². The van der Waals surface area contributed by atoms with E-state index < -0.39 is 0 Å². The van der Waals surface area contributed by atoms with Crippen molar-refractivity contribution in [2.45, 2.75) is 46.3 Å². The first-order chi connectivity index (χ1) is 16.8. The minimum atomic E-state index is 0.122. The second-order valence-electron chi connectivity index (χ2n) is 9.92. The van der Waals surface area contributed by atoms with Crippen molar-refractivity contribution in [3.63, 3.8) is 0 Å². The number of ether oxygens (including phenoxy) is 1. The van der Waals surface area contributed by atoms with E-state index in [1.54, 1.807) is 6.20 Å². The molecular formula is C28H32N6O. The average molecular weight is 469 g/mol. The molecule has 4 aromatic rings. The number of fused-ring (bicyclic) bond motifs is 2. The largest absolute Gasteiger partial charge is 0.374 e. The molecule has 0 atom stereocenters. The van der Waals surface area contributed by atoms with Crippen LogP contribution in [0.15, 0.2) is 48.7 Å². The molecule has 4 heterocycles. The quantitative estimate of drug-likeness (QED) is 0.406. The highest BCUT2D eigenvalue weighted by Crippen LogP contribution is 2.35. The van der Waals surface area contributed by atoms with Gasteiger partial charge in [-0.1, -0.05) is 26.0 Å². The summed E-state index contributed by atoms with van der Waals surface area (Å²) in [5.74, 6) is 1.33. The molecule has 0 bridgehead atoms. The lowest BCUT2D eigenvalue weighted by Crippen LogP contribution is -2.39. The maximum atomic E-state index is 5.62. The van der Waals surface area contributed by atoms with Crippen molar-refractivity contribution in [2.24, 2.45) is 0 Å². The number of anilines is 2. The van der Waals surface area contributed by atoms with Crippen LogP contribution in [0.2, 0.25) is 0 Å². The van der Waals surface area contributed by atoms with Crippen LogP contribution in [0.5, 0.6) is 0 Å². The molecule has 35 heavy (non-hydrogen) atoms. The smallest absolute Gasteiger partial charge is 0.165 e. The number of benzene rings is 1. The summed E-state index contributed by atoms with van der Waals surface area (Å²) in [6.45, 7) is 11.5. The van der Waals surface area contributed by atoms with Crippen LogP contribution in [0, 0.1) is 6.92 Å². The van der Waals surface area contributed by atoms with Gasteiger partial charge in [0, 0.05) is 37.0 Å². The number of hydrogen-bond acceptors (Lipinski definition) is 7. The van der Waals surface area contributed by atoms with Crippen molar-refractivity contribution in [1.29, 1.82) is 0 Å². The van der Waals surface area contributed by atoms with Crippen LogP contribution in [0.1, 0.15) is 43.3 Å². The standard InChI is InChI=1S/C28H32N6O/c1-6-35-16-24-32-26(30-20-9-11-22-19(14-20)15-34(5)17-28(22,3)4)21-10-12-23(31-27(21)33-24)25-18(2)8-7-13-29-25/h7-14H,6,15-17H2,1-5H3,(H,30,31,32,33). The third kappa shape index (κ3) is 4.74. The van der Waals surface area contributed by atoms with Gasteiger partial charge in [0.1, 0.15) is 12.4 Å². The van der Waals surface area contributed by atoms with Gasteiger partial charge in [0.05, 0.1) is 16.8 Å². The Morgan fingerprint density at radius 1 is 1.09 bits per heavy atom. The van der Waals surface area contributed by atoms with Crippen LogP contribution in [0.4, 0.5) is 11.5 Å². The Kier molecular flexibility index (Phi) is 6.21. The normalized spacial score (nSPS) is 15.2. The minimum absolute atomic E-state index is 0.122. The summed E-state index contributed by atoms with van der Waals surface area (Å²) in [5.41, 5.74) is 7.22. The van der Waals surface area contributed by atoms with E-state index in [2.05, 4.69) is 54.3 Å². The summed E-state index contributed by atoms with van der Waals surface area (Å²) in [4.78, 5) is 21.3. The molecule has 0 fully saturated rings. The SMILES string of the molecule is CCOCc1nc(Nc2ccc3c(c2)CN(C)CC3(C)C)c2ccc(-c3ncccc3C)nc2n1. The topological polar surface area (TPSA) is 76.1 Å². The summed E-state index contributed by atoms with van der Waals surface area (Å²) in [5, 5.41) is 4.40. The lowest BCUT2D eigenvalue weighted by molar-refractivity contribution is 0.128. The number of nitrogens with zero attached hydrogens (tertiary/aromatic N) is 5. The molecule has 180 valence electrons. The summed E-state index contributed by atoms with van der Waals surface area (Å²) in [7, 11) is 2.18. The molecule has 7 nitrogen and oxygen atoms in total. The molecule has 0 amide bonds. The first-order valence-electron chi connectivity index (χ1n) is 12.1. The van der Waals surface area contributed by atoms with Crippen molar-refractivity contribution in [2.75, 3.05) is 25.5 Å². The average Bonchev–Trinajstić information content (AvgIpc) is 2.82. The summed E-state index contributed by atoms with van der Waals surface area (Å²) in [6.07, 6.45) is 1.79. The second-order valence-corrected chi connectivity index (χ2v) is 9.92. The molecule has 1 N–H and O–H groups in total. The zero-order chi connectivity index (χ0) is 24.6. The highest BCUT2D eigenvalue weighted by atomic mass is 16.5. The minimum Gasteiger partial charge on any atom is -0.374 e. The fourth-order valence-electron chi connectivity index (χ4n) is 5.00. The van der Waals surface area contributed by atoms with Gasteiger partial charge in [-0.05, 0) is 67.9 Å². The van der Waals surface area contributed by atoms with Gasteiger partial charge in [-0.15, -0.1) is 0 Å². The van der Waals surface area contributed by atoms with E-state index in [4.69, 9.17) is 19.7 Å². The van der Waals surface area contributed by atoms with Crippen molar-refractivity contribution in [3.8, 4) is 11.4 Å². The monoisotopic (exact) mass is 468 g/mol. The number of likely N-dealkylation sites (N-methyl/N-ethyl adjacent to an activating group) is 1. The molecule has 0 radical (unpaired) electrons. The molecule has 0 unspecified atom stereocenters. The highest BCUT2D eigenvalue weighted by Gasteiger charge is 2.30. The lowest BCUT2D eigenvalue weighted by atomic mass is 9.78. The van der Waals surface area contributed by atoms with Crippen molar-refractivity contribution in [1.82, 2.24) is 24.8 Å². The number of rotatable bonds is 6. The Bertz CT molecular complexity index is 1380. The van der Waals surface area contributed by atoms with E-state index in [0.29, 0.717) is 24.7 Å². The molecular weight excluding hydrogens is 436 g/mol. The van der Waals surface area contributed by atoms with E-state index in [-0.39, 0.29) is 5.41 Å². The van der Waals surface area contributed by atoms with Gasteiger partial charge in [0.25, 0.3) is 0 Å². The van der Waals surface area contributed by atoms with Crippen molar-refractivity contribution >= 4 is 22.5 Å². The van der Waals surface area contributed by atoms with E-state index in [0.717, 1.165) is 46.9 Å². The maximum Gasteiger partial charge on any atom is 0.165 e. The second kappa shape index (κ2) is 9.32. The van der Waals surface area contributed by atoms with Crippen LogP contribution >= 0.6 is 0 Å². The zero-order valence-corrected chi connectivity index (χ0v) is 21.1. The third-order valence-corrected chi connectivity index (χ3v) is 6.50. The Morgan fingerprint density at radius 3 is 2.74 bits per heavy atom. The predicted octanol–water partition coefficient (Wildman–Crippen LogP) is 5.40. The first kappa shape index (κ1) is 23.3. The molecule has 0 aliphatic carbocycles. The van der Waals surface area contributed by atoms with Crippen LogP contribution in [0.3, 0.4) is 0 Å². The molecule has 0 saturated heterocycles. The molecule has 1 aliphatic heterocycles. The molecule has 1 aromatic carbocycles. The summed E-state index contributed by atoms with van der Waals surface area (Å²) >= 11 is 0. The Morgan fingerprint density at radius 2 is 1.94 bits per heavy atom. The fourth-order valence-corrected chi connectivity index (χ4v) is 5.00. The van der Waals surface area contributed by atoms with Gasteiger partial charge in [0.15, 0.2) is 11.5 Å². The van der Waals surface area contributed by atoms with Gasteiger partial charge in [0.2, 0.25) is 0 Å². The Balaban J connectivity index is 1.56. The number of aromatic nitrogens is 4. The highest BCUT2D eigenvalue weighted by molar-refractivity contribution is 5.90. The molecule has 0 spiro atoms. The number of aryl methyl sites for hydroxylation is 1. The van der Waals surface area contributed by atoms with E-state index >= 15 is 0 Å². The van der Waals surface area contributed by atoms with E-state index in [1.807, 2.05) is 38.1 Å². The van der Waals surface area contributed by atoms with Crippen LogP contribution < -0.4 is 5.32 Å². The Hall–Kier alpha value is -3.42.